The number of rotatable bonds is 5. The molecule has 118 valence electrons. The van der Waals surface area contributed by atoms with Crippen LogP contribution < -0.4 is 5.32 Å². The van der Waals surface area contributed by atoms with Crippen LogP contribution in [0.5, 0.6) is 0 Å². The summed E-state index contributed by atoms with van der Waals surface area (Å²) < 4.78 is 29.8. The summed E-state index contributed by atoms with van der Waals surface area (Å²) in [6.45, 7) is 8.65. The molecule has 0 unspecified atom stereocenters. The highest BCUT2D eigenvalue weighted by atomic mass is 32.2. The minimum absolute atomic E-state index is 0.164. The van der Waals surface area contributed by atoms with Gasteiger partial charge in [0.1, 0.15) is 0 Å². The van der Waals surface area contributed by atoms with Gasteiger partial charge in [-0.25, -0.2) is 0 Å². The number of hydrogen-bond acceptors (Lipinski definition) is 4. The maximum Gasteiger partial charge on any atom is 0.265 e. The van der Waals surface area contributed by atoms with Crippen LogP contribution in [-0.4, -0.2) is 36.2 Å². The molecule has 1 amide bonds. The molecule has 1 aromatic heterocycles. The highest BCUT2D eigenvalue weighted by molar-refractivity contribution is 7.85. The van der Waals surface area contributed by atoms with Gasteiger partial charge in [-0.05, 0) is 30.5 Å². The van der Waals surface area contributed by atoms with Crippen LogP contribution in [-0.2, 0) is 14.9 Å². The summed E-state index contributed by atoms with van der Waals surface area (Å²) >= 11 is 0. The van der Waals surface area contributed by atoms with Crippen LogP contribution >= 0.6 is 0 Å². The van der Waals surface area contributed by atoms with E-state index in [9.17, 15) is 13.2 Å². The maximum absolute atomic E-state index is 10.8. The molecule has 21 heavy (non-hydrogen) atoms. The van der Waals surface area contributed by atoms with E-state index in [0.717, 1.165) is 11.8 Å². The quantitative estimate of drug-likeness (QED) is 0.635. The summed E-state index contributed by atoms with van der Waals surface area (Å²) in [5.41, 5.74) is 0.370. The van der Waals surface area contributed by atoms with Crippen LogP contribution in [0, 0.1) is 12.3 Å². The Kier molecular flexibility index (Phi) is 7.83. The van der Waals surface area contributed by atoms with E-state index in [4.69, 9.17) is 4.55 Å². The molecule has 0 fully saturated rings. The van der Waals surface area contributed by atoms with Crippen molar-refractivity contribution in [1.29, 1.82) is 0 Å². The molecule has 6 nitrogen and oxygen atoms in total. The Morgan fingerprint density at radius 1 is 1.48 bits per heavy atom. The SMILES string of the molecule is C=CC(=O)NCC(C)(C)CS(=O)(=O)O.Cc1ccccn1. The summed E-state index contributed by atoms with van der Waals surface area (Å²) in [4.78, 5) is 14.8. The lowest BCUT2D eigenvalue weighted by Gasteiger charge is -2.22. The first-order valence-electron chi connectivity index (χ1n) is 6.29. The molecular weight excluding hydrogens is 292 g/mol. The predicted octanol–water partition coefficient (Wildman–Crippen LogP) is 1.59. The van der Waals surface area contributed by atoms with E-state index in [1.54, 1.807) is 20.0 Å². The fourth-order valence-corrected chi connectivity index (χ4v) is 2.48. The van der Waals surface area contributed by atoms with Crippen molar-refractivity contribution in [2.24, 2.45) is 5.41 Å². The van der Waals surface area contributed by atoms with Crippen LogP contribution in [0.4, 0.5) is 0 Å². The molecule has 2 N–H and O–H groups in total. The van der Waals surface area contributed by atoms with Crippen molar-refractivity contribution in [3.63, 3.8) is 0 Å². The van der Waals surface area contributed by atoms with Gasteiger partial charge in [-0.15, -0.1) is 0 Å². The maximum atomic E-state index is 10.8. The zero-order valence-electron chi connectivity index (χ0n) is 12.5. The van der Waals surface area contributed by atoms with Crippen molar-refractivity contribution in [2.75, 3.05) is 12.3 Å². The van der Waals surface area contributed by atoms with Crippen molar-refractivity contribution in [3.8, 4) is 0 Å². The Balaban J connectivity index is 0.000000471. The molecule has 1 aromatic rings. The second-order valence-corrected chi connectivity index (χ2v) is 6.74. The molecule has 7 heteroatoms. The van der Waals surface area contributed by atoms with Gasteiger partial charge in [0.05, 0.1) is 5.75 Å². The number of hydrogen-bond donors (Lipinski definition) is 2. The Hall–Kier alpha value is -1.73. The molecule has 0 saturated heterocycles. The molecule has 0 bridgehead atoms. The Morgan fingerprint density at radius 3 is 2.43 bits per heavy atom. The molecule has 0 atom stereocenters. The second kappa shape index (κ2) is 8.53. The van der Waals surface area contributed by atoms with E-state index in [-0.39, 0.29) is 12.5 Å². The number of amides is 1. The van der Waals surface area contributed by atoms with Crippen molar-refractivity contribution < 1.29 is 17.8 Å². The van der Waals surface area contributed by atoms with Crippen molar-refractivity contribution in [3.05, 3.63) is 42.7 Å². The fourth-order valence-electron chi connectivity index (χ4n) is 1.39. The summed E-state index contributed by atoms with van der Waals surface area (Å²) in [5, 5.41) is 2.46. The average molecular weight is 314 g/mol. The molecule has 1 heterocycles. The lowest BCUT2D eigenvalue weighted by Crippen LogP contribution is -2.37. The zero-order chi connectivity index (χ0) is 16.5. The summed E-state index contributed by atoms with van der Waals surface area (Å²) in [6, 6.07) is 5.86. The van der Waals surface area contributed by atoms with Gasteiger partial charge < -0.3 is 5.32 Å². The first kappa shape index (κ1) is 19.3. The lowest BCUT2D eigenvalue weighted by atomic mass is 9.96. The van der Waals surface area contributed by atoms with Gasteiger partial charge in [-0.2, -0.15) is 8.42 Å². The Bertz CT molecular complexity index is 554. The third-order valence-electron chi connectivity index (χ3n) is 2.31. The first-order chi connectivity index (χ1) is 9.56. The van der Waals surface area contributed by atoms with Crippen LogP contribution in [0.25, 0.3) is 0 Å². The summed E-state index contributed by atoms with van der Waals surface area (Å²) in [7, 11) is -4.01. The van der Waals surface area contributed by atoms with Crippen LogP contribution in [0.1, 0.15) is 19.5 Å². The van der Waals surface area contributed by atoms with E-state index >= 15 is 0 Å². The van der Waals surface area contributed by atoms with E-state index in [1.807, 2.05) is 25.1 Å². The molecule has 0 aliphatic heterocycles. The Labute approximate surface area is 126 Å². The zero-order valence-corrected chi connectivity index (χ0v) is 13.4. The van der Waals surface area contributed by atoms with Crippen LogP contribution in [0.15, 0.2) is 37.1 Å². The third kappa shape index (κ3) is 11.8. The van der Waals surface area contributed by atoms with Gasteiger partial charge in [0, 0.05) is 18.4 Å². The Morgan fingerprint density at radius 2 is 2.10 bits per heavy atom. The van der Waals surface area contributed by atoms with Crippen LogP contribution in [0.3, 0.4) is 0 Å². The molecule has 0 radical (unpaired) electrons. The predicted molar refractivity (Wildman–Crippen MR) is 82.4 cm³/mol. The van der Waals surface area contributed by atoms with Crippen molar-refractivity contribution in [2.45, 2.75) is 20.8 Å². The molecule has 0 aliphatic rings. The third-order valence-corrected chi connectivity index (χ3v) is 3.46. The topological polar surface area (TPSA) is 96.4 Å². The minimum Gasteiger partial charge on any atom is -0.352 e. The molecular formula is C14H22N2O4S. The van der Waals surface area contributed by atoms with Gasteiger partial charge >= 0.3 is 0 Å². The number of aromatic nitrogens is 1. The number of carbonyl (C=O) groups is 1. The largest absolute Gasteiger partial charge is 0.352 e. The lowest BCUT2D eigenvalue weighted by molar-refractivity contribution is -0.116. The standard InChI is InChI=1S/C8H15NO4S.C6H7N/c1-4-7(10)9-5-8(2,3)6-14(11,12)13;1-6-4-2-3-5-7-6/h4H,1,5-6H2,2-3H3,(H,9,10)(H,11,12,13);2-5H,1H3. The first-order valence-corrected chi connectivity index (χ1v) is 7.90. The number of nitrogens with one attached hydrogen (secondary N) is 1. The number of nitrogens with zero attached hydrogens (tertiary/aromatic N) is 1. The molecule has 1 rings (SSSR count). The highest BCUT2D eigenvalue weighted by Crippen LogP contribution is 2.15. The average Bonchev–Trinajstić information content (AvgIpc) is 2.35. The number of aryl methyl sites for hydroxylation is 1. The monoisotopic (exact) mass is 314 g/mol. The second-order valence-electron chi connectivity index (χ2n) is 5.28. The minimum atomic E-state index is -4.01. The van der Waals surface area contributed by atoms with Gasteiger partial charge in [-0.3, -0.25) is 14.3 Å². The van der Waals surface area contributed by atoms with Crippen molar-refractivity contribution in [1.82, 2.24) is 10.3 Å². The molecule has 0 spiro atoms. The van der Waals surface area contributed by atoms with E-state index in [2.05, 4.69) is 16.9 Å². The van der Waals surface area contributed by atoms with Gasteiger partial charge in [0.15, 0.2) is 0 Å². The molecule has 0 aromatic carbocycles. The van der Waals surface area contributed by atoms with E-state index in [0.29, 0.717) is 0 Å². The molecule has 0 saturated carbocycles. The van der Waals surface area contributed by atoms with E-state index in [1.165, 1.54) is 0 Å². The number of carbonyl (C=O) groups excluding carboxylic acids is 1. The van der Waals surface area contributed by atoms with Crippen molar-refractivity contribution >= 4 is 16.0 Å². The van der Waals surface area contributed by atoms with E-state index < -0.39 is 21.3 Å². The fraction of sp³-hybridized carbons (Fsp3) is 0.429. The number of pyridine rings is 1. The van der Waals surface area contributed by atoms with Crippen LogP contribution in [0.2, 0.25) is 0 Å². The summed E-state index contributed by atoms with van der Waals surface area (Å²) in [5.74, 6) is -0.759. The van der Waals surface area contributed by atoms with Gasteiger partial charge in [-0.1, -0.05) is 26.5 Å². The molecule has 0 aliphatic carbocycles. The smallest absolute Gasteiger partial charge is 0.265 e. The van der Waals surface area contributed by atoms with Gasteiger partial charge in [0.25, 0.3) is 10.1 Å². The summed E-state index contributed by atoms with van der Waals surface area (Å²) in [6.07, 6.45) is 2.89. The van der Waals surface area contributed by atoms with Gasteiger partial charge in [0.2, 0.25) is 5.91 Å². The highest BCUT2D eigenvalue weighted by Gasteiger charge is 2.24. The normalized spacial score (nSPS) is 11.0.